The normalized spacial score (nSPS) is 26.1. The number of likely N-dealkylation sites (tertiary alicyclic amines) is 1. The van der Waals surface area contributed by atoms with Crippen LogP contribution in [0.5, 0.6) is 0 Å². The highest BCUT2D eigenvalue weighted by molar-refractivity contribution is 4.91. The number of rotatable bonds is 4. The highest BCUT2D eigenvalue weighted by Gasteiger charge is 2.25. The Morgan fingerprint density at radius 2 is 2.00 bits per heavy atom. The Hall–Kier alpha value is -0.590. The molecule has 1 saturated carbocycles. The minimum atomic E-state index is 0.0920. The first-order chi connectivity index (χ1) is 7.29. The van der Waals surface area contributed by atoms with E-state index in [9.17, 15) is 0 Å². The Morgan fingerprint density at radius 3 is 2.53 bits per heavy atom. The summed E-state index contributed by atoms with van der Waals surface area (Å²) < 4.78 is 0. The highest BCUT2D eigenvalue weighted by Crippen LogP contribution is 2.28. The summed E-state index contributed by atoms with van der Waals surface area (Å²) in [6, 6.07) is 3.11. The van der Waals surface area contributed by atoms with E-state index in [0.29, 0.717) is 6.04 Å². The molecular formula is C12H21N3. The van der Waals surface area contributed by atoms with Gasteiger partial charge in [-0.15, -0.1) is 0 Å². The molecule has 0 radical (unpaired) electrons. The van der Waals surface area contributed by atoms with Crippen LogP contribution in [0.15, 0.2) is 0 Å². The van der Waals surface area contributed by atoms with E-state index in [1.54, 1.807) is 0 Å². The van der Waals surface area contributed by atoms with Crippen molar-refractivity contribution in [1.29, 1.82) is 5.26 Å². The zero-order valence-electron chi connectivity index (χ0n) is 9.58. The van der Waals surface area contributed by atoms with E-state index < -0.39 is 0 Å². The van der Waals surface area contributed by atoms with Gasteiger partial charge in [0.25, 0.3) is 0 Å². The van der Waals surface area contributed by atoms with E-state index in [1.807, 2.05) is 6.92 Å². The Labute approximate surface area is 92.4 Å². The fraction of sp³-hybridized carbons (Fsp3) is 0.917. The Kier molecular flexibility index (Phi) is 3.61. The largest absolute Gasteiger partial charge is 0.314 e. The number of nitriles is 1. The van der Waals surface area contributed by atoms with Crippen molar-refractivity contribution in [3.8, 4) is 6.07 Å². The van der Waals surface area contributed by atoms with Gasteiger partial charge in [0, 0.05) is 19.1 Å². The van der Waals surface area contributed by atoms with E-state index in [1.165, 1.54) is 32.2 Å². The predicted octanol–water partition coefficient (Wildman–Crippen LogP) is 1.36. The van der Waals surface area contributed by atoms with Crippen LogP contribution in [0.3, 0.4) is 0 Å². The number of hydrogen-bond donors (Lipinski definition) is 1. The summed E-state index contributed by atoms with van der Waals surface area (Å²) in [6.45, 7) is 5.38. The van der Waals surface area contributed by atoms with Gasteiger partial charge in [0.15, 0.2) is 0 Å². The van der Waals surface area contributed by atoms with Gasteiger partial charge in [0.05, 0.1) is 12.1 Å². The molecule has 0 amide bonds. The molecule has 15 heavy (non-hydrogen) atoms. The van der Waals surface area contributed by atoms with Gasteiger partial charge in [0.2, 0.25) is 0 Å². The molecule has 1 aliphatic heterocycles. The molecule has 0 bridgehead atoms. The van der Waals surface area contributed by atoms with Crippen molar-refractivity contribution in [2.45, 2.75) is 44.7 Å². The van der Waals surface area contributed by atoms with E-state index >= 15 is 0 Å². The van der Waals surface area contributed by atoms with Crippen LogP contribution < -0.4 is 5.32 Å². The van der Waals surface area contributed by atoms with Crippen LogP contribution in [0.25, 0.3) is 0 Å². The molecule has 84 valence electrons. The molecule has 2 aliphatic rings. The monoisotopic (exact) mass is 207 g/mol. The van der Waals surface area contributed by atoms with Gasteiger partial charge in [0.1, 0.15) is 0 Å². The Balaban J connectivity index is 1.65. The zero-order chi connectivity index (χ0) is 10.7. The highest BCUT2D eigenvalue weighted by atomic mass is 15.2. The van der Waals surface area contributed by atoms with E-state index in [0.717, 1.165) is 19.0 Å². The third kappa shape index (κ3) is 3.19. The fourth-order valence-electron chi connectivity index (χ4n) is 2.23. The lowest BCUT2D eigenvalue weighted by Crippen LogP contribution is -2.45. The number of hydrogen-bond acceptors (Lipinski definition) is 3. The summed E-state index contributed by atoms with van der Waals surface area (Å²) in [5.74, 6) is 0.973. The average molecular weight is 207 g/mol. The standard InChI is InChI=1S/C12H21N3/c1-10(8-13)15-6-4-12(5-7-15)14-9-11-2-3-11/h10-12,14H,2-7,9H2,1H3. The lowest BCUT2D eigenvalue weighted by atomic mass is 10.0. The predicted molar refractivity (Wildman–Crippen MR) is 60.4 cm³/mol. The number of nitrogens with one attached hydrogen (secondary N) is 1. The molecule has 1 atom stereocenters. The maximum absolute atomic E-state index is 8.83. The number of nitrogens with zero attached hydrogens (tertiary/aromatic N) is 2. The van der Waals surface area contributed by atoms with Crippen LogP contribution in [0.2, 0.25) is 0 Å². The van der Waals surface area contributed by atoms with Crippen molar-refractivity contribution in [2.75, 3.05) is 19.6 Å². The van der Waals surface area contributed by atoms with Gasteiger partial charge in [-0.2, -0.15) is 5.26 Å². The first kappa shape index (κ1) is 10.9. The van der Waals surface area contributed by atoms with Crippen molar-refractivity contribution in [1.82, 2.24) is 10.2 Å². The maximum atomic E-state index is 8.83. The summed E-state index contributed by atoms with van der Waals surface area (Å²) in [5.41, 5.74) is 0. The third-order valence-corrected chi connectivity index (χ3v) is 3.66. The van der Waals surface area contributed by atoms with Gasteiger partial charge in [-0.3, -0.25) is 4.90 Å². The number of piperidine rings is 1. The first-order valence-electron chi connectivity index (χ1n) is 6.16. The van der Waals surface area contributed by atoms with Crippen molar-refractivity contribution in [3.05, 3.63) is 0 Å². The van der Waals surface area contributed by atoms with Gasteiger partial charge < -0.3 is 5.32 Å². The quantitative estimate of drug-likeness (QED) is 0.756. The molecule has 1 saturated heterocycles. The van der Waals surface area contributed by atoms with Gasteiger partial charge in [-0.25, -0.2) is 0 Å². The molecular weight excluding hydrogens is 186 g/mol. The summed E-state index contributed by atoms with van der Waals surface area (Å²) in [6.07, 6.45) is 5.27. The third-order valence-electron chi connectivity index (χ3n) is 3.66. The molecule has 1 unspecified atom stereocenters. The summed E-state index contributed by atoms with van der Waals surface area (Å²) in [4.78, 5) is 2.29. The second kappa shape index (κ2) is 4.96. The molecule has 0 aromatic heterocycles. The minimum Gasteiger partial charge on any atom is -0.314 e. The summed E-state index contributed by atoms with van der Waals surface area (Å²) in [7, 11) is 0. The minimum absolute atomic E-state index is 0.0920. The molecule has 3 heteroatoms. The molecule has 1 aliphatic carbocycles. The molecule has 3 nitrogen and oxygen atoms in total. The molecule has 1 N–H and O–H groups in total. The van der Waals surface area contributed by atoms with Crippen LogP contribution in [0, 0.1) is 17.2 Å². The van der Waals surface area contributed by atoms with Crippen LogP contribution >= 0.6 is 0 Å². The van der Waals surface area contributed by atoms with E-state index in [2.05, 4.69) is 16.3 Å². The van der Waals surface area contributed by atoms with E-state index in [4.69, 9.17) is 5.26 Å². The van der Waals surface area contributed by atoms with Crippen molar-refractivity contribution in [2.24, 2.45) is 5.92 Å². The second-order valence-electron chi connectivity index (χ2n) is 4.97. The molecule has 2 fully saturated rings. The van der Waals surface area contributed by atoms with Gasteiger partial charge >= 0.3 is 0 Å². The van der Waals surface area contributed by atoms with Gasteiger partial charge in [-0.05, 0) is 45.1 Å². The van der Waals surface area contributed by atoms with Crippen LogP contribution in [0.4, 0.5) is 0 Å². The summed E-state index contributed by atoms with van der Waals surface area (Å²) >= 11 is 0. The average Bonchev–Trinajstić information content (AvgIpc) is 3.10. The Bertz CT molecular complexity index is 234. The first-order valence-corrected chi connectivity index (χ1v) is 6.16. The molecule has 0 aromatic rings. The lowest BCUT2D eigenvalue weighted by Gasteiger charge is -2.33. The van der Waals surface area contributed by atoms with Crippen LogP contribution in [-0.4, -0.2) is 36.6 Å². The summed E-state index contributed by atoms with van der Waals surface area (Å²) in [5, 5.41) is 12.5. The Morgan fingerprint density at radius 1 is 1.33 bits per heavy atom. The maximum Gasteiger partial charge on any atom is 0.0949 e. The SMILES string of the molecule is CC(C#N)N1CCC(NCC2CC2)CC1. The molecule has 1 heterocycles. The topological polar surface area (TPSA) is 39.1 Å². The van der Waals surface area contributed by atoms with Crippen molar-refractivity contribution in [3.63, 3.8) is 0 Å². The lowest BCUT2D eigenvalue weighted by molar-refractivity contribution is 0.177. The van der Waals surface area contributed by atoms with Crippen LogP contribution in [-0.2, 0) is 0 Å². The van der Waals surface area contributed by atoms with E-state index in [-0.39, 0.29) is 6.04 Å². The smallest absolute Gasteiger partial charge is 0.0949 e. The molecule has 0 aromatic carbocycles. The molecule has 0 spiro atoms. The van der Waals surface area contributed by atoms with Crippen molar-refractivity contribution < 1.29 is 0 Å². The van der Waals surface area contributed by atoms with Crippen molar-refractivity contribution >= 4 is 0 Å². The molecule has 2 rings (SSSR count). The van der Waals surface area contributed by atoms with Crippen LogP contribution in [0.1, 0.15) is 32.6 Å². The van der Waals surface area contributed by atoms with Gasteiger partial charge in [-0.1, -0.05) is 0 Å². The second-order valence-corrected chi connectivity index (χ2v) is 4.97. The fourth-order valence-corrected chi connectivity index (χ4v) is 2.23. The zero-order valence-corrected chi connectivity index (χ0v) is 9.58.